The lowest BCUT2D eigenvalue weighted by molar-refractivity contribution is 0.415. The lowest BCUT2D eigenvalue weighted by Crippen LogP contribution is -2.18. The Labute approximate surface area is 160 Å². The van der Waals surface area contributed by atoms with Crippen molar-refractivity contribution in [2.75, 3.05) is 26.1 Å². The summed E-state index contributed by atoms with van der Waals surface area (Å²) in [6, 6.07) is 12.3. The topological polar surface area (TPSA) is 41.1 Å². The number of nitrogens with one attached hydrogen (secondary N) is 1. The van der Waals surface area contributed by atoms with Gasteiger partial charge in [0.15, 0.2) is 0 Å². The van der Waals surface area contributed by atoms with Crippen LogP contribution >= 0.6 is 12.2 Å². The predicted octanol–water partition coefficient (Wildman–Crippen LogP) is 4.70. The number of methoxy groups -OCH3 is 1. The lowest BCUT2D eigenvalue weighted by Gasteiger charge is -2.24. The van der Waals surface area contributed by atoms with E-state index < -0.39 is 0 Å². The van der Waals surface area contributed by atoms with E-state index in [4.69, 9.17) is 21.9 Å². The number of H-pyrrole nitrogens is 1. The van der Waals surface area contributed by atoms with Gasteiger partial charge in [0.2, 0.25) is 0 Å². The van der Waals surface area contributed by atoms with Crippen LogP contribution in [0.25, 0.3) is 11.0 Å². The third-order valence-corrected chi connectivity index (χ3v) is 4.91. The molecule has 0 fully saturated rings. The molecule has 4 nitrogen and oxygen atoms in total. The van der Waals surface area contributed by atoms with Gasteiger partial charge < -0.3 is 14.6 Å². The molecule has 3 aromatic rings. The van der Waals surface area contributed by atoms with Gasteiger partial charge in [0.1, 0.15) is 11.6 Å². The highest BCUT2D eigenvalue weighted by molar-refractivity contribution is 7.81. The van der Waals surface area contributed by atoms with E-state index in [1.54, 1.807) is 7.11 Å². The molecule has 0 aliphatic carbocycles. The zero-order valence-corrected chi connectivity index (χ0v) is 17.0. The molecule has 2 aromatic carbocycles. The van der Waals surface area contributed by atoms with Crippen molar-refractivity contribution < 1.29 is 4.74 Å². The number of aromatic amines is 1. The molecule has 1 aromatic heterocycles. The number of rotatable bonds is 4. The highest BCUT2D eigenvalue weighted by Crippen LogP contribution is 2.30. The molecule has 0 radical (unpaired) electrons. The molecule has 0 aliphatic rings. The number of benzene rings is 2. The normalized spacial score (nSPS) is 11.6. The van der Waals surface area contributed by atoms with Gasteiger partial charge in [-0.25, -0.2) is 4.98 Å². The fourth-order valence-corrected chi connectivity index (χ4v) is 3.18. The van der Waals surface area contributed by atoms with E-state index in [0.717, 1.165) is 32.9 Å². The number of nitrogens with zero attached hydrogens (tertiary/aromatic N) is 2. The molecule has 0 saturated carbocycles. The van der Waals surface area contributed by atoms with E-state index in [0.29, 0.717) is 5.82 Å². The third kappa shape index (κ3) is 3.44. The van der Waals surface area contributed by atoms with Crippen LogP contribution in [-0.4, -0.2) is 36.0 Å². The molecule has 0 bridgehead atoms. The summed E-state index contributed by atoms with van der Waals surface area (Å²) in [4.78, 5) is 10.8. The monoisotopic (exact) mass is 367 g/mol. The van der Waals surface area contributed by atoms with Crippen LogP contribution < -0.4 is 9.64 Å². The predicted molar refractivity (Wildman–Crippen MR) is 113 cm³/mol. The second-order valence-electron chi connectivity index (χ2n) is 7.67. The number of anilines is 1. The number of thiocarbonyl (C=S) groups is 1. The summed E-state index contributed by atoms with van der Waals surface area (Å²) >= 11 is 5.83. The average Bonchev–Trinajstić information content (AvgIpc) is 3.02. The van der Waals surface area contributed by atoms with Crippen LogP contribution in [0.5, 0.6) is 5.75 Å². The molecular weight excluding hydrogens is 342 g/mol. The van der Waals surface area contributed by atoms with Gasteiger partial charge in [-0.15, -0.1) is 0 Å². The molecular formula is C21H25N3OS. The highest BCUT2D eigenvalue weighted by atomic mass is 32.1. The van der Waals surface area contributed by atoms with Crippen molar-refractivity contribution >= 4 is 33.8 Å². The molecule has 1 heterocycles. The fraction of sp³-hybridized carbons (Fsp3) is 0.333. The van der Waals surface area contributed by atoms with E-state index >= 15 is 0 Å². The Morgan fingerprint density at radius 1 is 1.12 bits per heavy atom. The molecule has 0 atom stereocenters. The number of imidazole rings is 1. The van der Waals surface area contributed by atoms with Crippen molar-refractivity contribution in [3.8, 4) is 5.75 Å². The fourth-order valence-electron chi connectivity index (χ4n) is 2.92. The maximum atomic E-state index is 5.83. The minimum atomic E-state index is 0.0520. The Morgan fingerprint density at radius 3 is 2.46 bits per heavy atom. The molecule has 3 rings (SSSR count). The zero-order valence-electron chi connectivity index (χ0n) is 16.2. The molecule has 0 saturated heterocycles. The van der Waals surface area contributed by atoms with Crippen molar-refractivity contribution in [2.45, 2.75) is 26.2 Å². The Morgan fingerprint density at radius 2 is 1.85 bits per heavy atom. The van der Waals surface area contributed by atoms with E-state index in [-0.39, 0.29) is 5.41 Å². The van der Waals surface area contributed by atoms with Crippen molar-refractivity contribution in [3.63, 3.8) is 0 Å². The van der Waals surface area contributed by atoms with Gasteiger partial charge in [-0.3, -0.25) is 0 Å². The second-order valence-corrected chi connectivity index (χ2v) is 8.08. The van der Waals surface area contributed by atoms with E-state index in [9.17, 15) is 0 Å². The quantitative estimate of drug-likeness (QED) is 0.536. The van der Waals surface area contributed by atoms with Crippen LogP contribution in [0.2, 0.25) is 0 Å². The van der Waals surface area contributed by atoms with Gasteiger partial charge in [0.25, 0.3) is 0 Å². The number of fused-ring (bicyclic) bond motifs is 1. The first-order valence-electron chi connectivity index (χ1n) is 8.61. The first-order chi connectivity index (χ1) is 12.2. The molecule has 5 heteroatoms. The van der Waals surface area contributed by atoms with Crippen molar-refractivity contribution in [1.82, 2.24) is 9.97 Å². The van der Waals surface area contributed by atoms with Crippen LogP contribution in [0, 0.1) is 0 Å². The Balaban J connectivity index is 2.11. The van der Waals surface area contributed by atoms with Gasteiger partial charge >= 0.3 is 0 Å². The highest BCUT2D eigenvalue weighted by Gasteiger charge is 2.20. The van der Waals surface area contributed by atoms with Crippen LogP contribution in [0.15, 0.2) is 36.4 Å². The summed E-state index contributed by atoms with van der Waals surface area (Å²) in [6.45, 7) is 6.62. The van der Waals surface area contributed by atoms with Crippen LogP contribution in [-0.2, 0) is 5.41 Å². The van der Waals surface area contributed by atoms with Gasteiger partial charge in [-0.05, 0) is 35.2 Å². The Hall–Kier alpha value is -2.40. The average molecular weight is 368 g/mol. The van der Waals surface area contributed by atoms with E-state index in [1.807, 2.05) is 32.3 Å². The molecule has 26 heavy (non-hydrogen) atoms. The van der Waals surface area contributed by atoms with Crippen LogP contribution in [0.1, 0.15) is 37.7 Å². The Bertz CT molecular complexity index is 967. The Kier molecular flexibility index (Phi) is 4.76. The van der Waals surface area contributed by atoms with Crippen LogP contribution in [0.4, 0.5) is 5.69 Å². The van der Waals surface area contributed by atoms with Crippen LogP contribution in [0.3, 0.4) is 0 Å². The first-order valence-corrected chi connectivity index (χ1v) is 9.02. The first kappa shape index (κ1) is 18.4. The second kappa shape index (κ2) is 6.72. The number of hydrogen-bond donors (Lipinski definition) is 1. The summed E-state index contributed by atoms with van der Waals surface area (Å²) < 4.78 is 5.29. The summed E-state index contributed by atoms with van der Waals surface area (Å²) in [5.41, 5.74) is 5.19. The van der Waals surface area contributed by atoms with Crippen molar-refractivity contribution in [3.05, 3.63) is 53.3 Å². The zero-order chi connectivity index (χ0) is 19.1. The van der Waals surface area contributed by atoms with Gasteiger partial charge in [-0.2, -0.15) is 0 Å². The SMILES string of the molecule is COc1ccc2[nH]c(C(=S)c3cc(C(C)(C)C)ccc3N(C)C)nc2c1. The van der Waals surface area contributed by atoms with Gasteiger partial charge in [0.05, 0.1) is 23.0 Å². The third-order valence-electron chi connectivity index (χ3n) is 4.49. The molecule has 0 unspecified atom stereocenters. The molecule has 136 valence electrons. The van der Waals surface area contributed by atoms with Crippen molar-refractivity contribution in [2.24, 2.45) is 0 Å². The lowest BCUT2D eigenvalue weighted by atomic mass is 9.85. The molecule has 1 N–H and O–H groups in total. The molecule has 0 aliphatic heterocycles. The molecule has 0 amide bonds. The number of hydrogen-bond acceptors (Lipinski definition) is 4. The van der Waals surface area contributed by atoms with E-state index in [2.05, 4.69) is 48.9 Å². The minimum absolute atomic E-state index is 0.0520. The minimum Gasteiger partial charge on any atom is -0.497 e. The largest absolute Gasteiger partial charge is 0.497 e. The summed E-state index contributed by atoms with van der Waals surface area (Å²) in [5, 5.41) is 0. The smallest absolute Gasteiger partial charge is 0.150 e. The number of ether oxygens (including phenoxy) is 1. The maximum Gasteiger partial charge on any atom is 0.150 e. The maximum absolute atomic E-state index is 5.83. The summed E-state index contributed by atoms with van der Waals surface area (Å²) in [6.07, 6.45) is 0. The van der Waals surface area contributed by atoms with E-state index in [1.165, 1.54) is 5.56 Å². The molecule has 0 spiro atoms. The van der Waals surface area contributed by atoms with Gasteiger partial charge in [-0.1, -0.05) is 39.1 Å². The number of aromatic nitrogens is 2. The summed E-state index contributed by atoms with van der Waals surface area (Å²) in [7, 11) is 5.71. The van der Waals surface area contributed by atoms with Crippen molar-refractivity contribution in [1.29, 1.82) is 0 Å². The summed E-state index contributed by atoms with van der Waals surface area (Å²) in [5.74, 6) is 1.49. The van der Waals surface area contributed by atoms with Gasteiger partial charge in [0, 0.05) is 31.4 Å². The standard InChI is InChI=1S/C21H25N3OS/c1-21(2,3)13-7-10-18(24(4)5)15(11-13)19(26)20-22-16-9-8-14(25-6)12-17(16)23-20/h7-12H,1-6H3,(H,22,23).